The Kier molecular flexibility index (Phi) is 4.27. The first kappa shape index (κ1) is 13.7. The van der Waals surface area contributed by atoms with Gasteiger partial charge in [0.25, 0.3) is 0 Å². The summed E-state index contributed by atoms with van der Waals surface area (Å²) in [7, 11) is 0. The molecule has 1 aromatic rings. The number of carbonyl (C=O) groups excluding carboxylic acids is 1. The number of ketones is 1. The molecule has 0 saturated carbocycles. The highest BCUT2D eigenvalue weighted by molar-refractivity contribution is 5.88. The molecule has 2 nitrogen and oxygen atoms in total. The molecule has 1 aromatic carbocycles. The standard InChI is InChI=1S/C14H19FO2/c1-5-10(2)13(16)14(3,4)17-12-9-7-6-8-11(12)15/h6-10H,5H2,1-4H3. The third kappa shape index (κ3) is 3.29. The van der Waals surface area contributed by atoms with Crippen LogP contribution in [0.2, 0.25) is 0 Å². The number of Topliss-reactive ketones (excluding diaryl/α,β-unsaturated/α-hetero) is 1. The second kappa shape index (κ2) is 5.30. The van der Waals surface area contributed by atoms with Crippen LogP contribution in [0.5, 0.6) is 5.75 Å². The molecule has 1 unspecified atom stereocenters. The topological polar surface area (TPSA) is 26.3 Å². The Balaban J connectivity index is 2.86. The zero-order valence-corrected chi connectivity index (χ0v) is 10.8. The van der Waals surface area contributed by atoms with Crippen LogP contribution in [0.1, 0.15) is 34.1 Å². The van der Waals surface area contributed by atoms with Crippen LogP contribution in [0.25, 0.3) is 0 Å². The van der Waals surface area contributed by atoms with Gasteiger partial charge >= 0.3 is 0 Å². The third-order valence-electron chi connectivity index (χ3n) is 2.86. The minimum Gasteiger partial charge on any atom is -0.477 e. The molecular formula is C14H19FO2. The predicted octanol–water partition coefficient (Wildman–Crippen LogP) is 3.60. The average Bonchev–Trinajstić information content (AvgIpc) is 2.30. The monoisotopic (exact) mass is 238 g/mol. The summed E-state index contributed by atoms with van der Waals surface area (Å²) in [5, 5.41) is 0. The Labute approximate surface area is 102 Å². The maximum Gasteiger partial charge on any atom is 0.178 e. The Morgan fingerprint density at radius 3 is 2.53 bits per heavy atom. The van der Waals surface area contributed by atoms with E-state index in [-0.39, 0.29) is 17.5 Å². The van der Waals surface area contributed by atoms with Gasteiger partial charge in [0.2, 0.25) is 0 Å². The van der Waals surface area contributed by atoms with Crippen LogP contribution in [-0.4, -0.2) is 11.4 Å². The van der Waals surface area contributed by atoms with E-state index in [2.05, 4.69) is 0 Å². The van der Waals surface area contributed by atoms with E-state index in [1.54, 1.807) is 26.0 Å². The molecule has 0 amide bonds. The van der Waals surface area contributed by atoms with E-state index >= 15 is 0 Å². The Morgan fingerprint density at radius 2 is 2.00 bits per heavy atom. The van der Waals surface area contributed by atoms with Gasteiger partial charge in [0, 0.05) is 5.92 Å². The Morgan fingerprint density at radius 1 is 1.41 bits per heavy atom. The lowest BCUT2D eigenvalue weighted by Crippen LogP contribution is -2.41. The van der Waals surface area contributed by atoms with E-state index < -0.39 is 11.4 Å². The van der Waals surface area contributed by atoms with E-state index in [9.17, 15) is 9.18 Å². The maximum atomic E-state index is 13.4. The van der Waals surface area contributed by atoms with Gasteiger partial charge in [0.15, 0.2) is 23.0 Å². The van der Waals surface area contributed by atoms with Crippen molar-refractivity contribution in [3.8, 4) is 5.75 Å². The average molecular weight is 238 g/mol. The van der Waals surface area contributed by atoms with Crippen molar-refractivity contribution in [1.82, 2.24) is 0 Å². The molecule has 1 atom stereocenters. The molecule has 17 heavy (non-hydrogen) atoms. The van der Waals surface area contributed by atoms with Gasteiger partial charge in [-0.15, -0.1) is 0 Å². The minimum absolute atomic E-state index is 0.0109. The zero-order chi connectivity index (χ0) is 13.1. The number of carbonyl (C=O) groups is 1. The first-order valence-electron chi connectivity index (χ1n) is 5.86. The summed E-state index contributed by atoms with van der Waals surface area (Å²) >= 11 is 0. The van der Waals surface area contributed by atoms with Gasteiger partial charge in [-0.1, -0.05) is 26.0 Å². The van der Waals surface area contributed by atoms with Crippen molar-refractivity contribution in [3.05, 3.63) is 30.1 Å². The molecule has 0 heterocycles. The summed E-state index contributed by atoms with van der Waals surface area (Å²) < 4.78 is 18.9. The van der Waals surface area contributed by atoms with Crippen molar-refractivity contribution in [1.29, 1.82) is 0 Å². The van der Waals surface area contributed by atoms with Gasteiger partial charge in [-0.2, -0.15) is 0 Å². The molecule has 94 valence electrons. The molecule has 0 aliphatic rings. The van der Waals surface area contributed by atoms with Gasteiger partial charge in [-0.3, -0.25) is 4.79 Å². The normalized spacial score (nSPS) is 13.2. The van der Waals surface area contributed by atoms with Gasteiger partial charge in [-0.25, -0.2) is 4.39 Å². The molecular weight excluding hydrogens is 219 g/mol. The van der Waals surface area contributed by atoms with Crippen molar-refractivity contribution >= 4 is 5.78 Å². The van der Waals surface area contributed by atoms with Gasteiger partial charge in [-0.05, 0) is 32.4 Å². The number of rotatable bonds is 5. The summed E-state index contributed by atoms with van der Waals surface area (Å²) in [6.07, 6.45) is 0.753. The second-order valence-corrected chi connectivity index (χ2v) is 4.72. The molecule has 0 aliphatic carbocycles. The number of halogens is 1. The van der Waals surface area contributed by atoms with E-state index in [4.69, 9.17) is 4.74 Å². The lowest BCUT2D eigenvalue weighted by Gasteiger charge is -2.27. The Hall–Kier alpha value is -1.38. The molecule has 0 saturated heterocycles. The van der Waals surface area contributed by atoms with Crippen molar-refractivity contribution < 1.29 is 13.9 Å². The third-order valence-corrected chi connectivity index (χ3v) is 2.86. The molecule has 1 rings (SSSR count). The van der Waals surface area contributed by atoms with Crippen LogP contribution in [0.3, 0.4) is 0 Å². The van der Waals surface area contributed by atoms with Crippen LogP contribution in [0.15, 0.2) is 24.3 Å². The summed E-state index contributed by atoms with van der Waals surface area (Å²) in [5.41, 5.74) is -1.00. The van der Waals surface area contributed by atoms with E-state index in [0.717, 1.165) is 6.42 Å². The summed E-state index contributed by atoms with van der Waals surface area (Å²) in [6.45, 7) is 7.15. The smallest absolute Gasteiger partial charge is 0.178 e. The minimum atomic E-state index is -1.00. The van der Waals surface area contributed by atoms with Crippen LogP contribution in [0.4, 0.5) is 4.39 Å². The van der Waals surface area contributed by atoms with Crippen molar-refractivity contribution in [2.24, 2.45) is 5.92 Å². The summed E-state index contributed by atoms with van der Waals surface area (Å²) in [5.74, 6) is -0.424. The molecule has 0 bridgehead atoms. The zero-order valence-electron chi connectivity index (χ0n) is 10.8. The highest BCUT2D eigenvalue weighted by atomic mass is 19.1. The number of benzene rings is 1. The molecule has 3 heteroatoms. The van der Waals surface area contributed by atoms with Crippen molar-refractivity contribution in [3.63, 3.8) is 0 Å². The molecule has 0 N–H and O–H groups in total. The van der Waals surface area contributed by atoms with Crippen LogP contribution >= 0.6 is 0 Å². The first-order chi connectivity index (χ1) is 7.88. The molecule has 0 aliphatic heterocycles. The number of para-hydroxylation sites is 1. The fourth-order valence-electron chi connectivity index (χ4n) is 1.63. The molecule has 0 aromatic heterocycles. The predicted molar refractivity (Wildman–Crippen MR) is 65.6 cm³/mol. The number of ether oxygens (including phenoxy) is 1. The molecule has 0 radical (unpaired) electrons. The largest absolute Gasteiger partial charge is 0.477 e. The summed E-state index contributed by atoms with van der Waals surface area (Å²) in [4.78, 5) is 12.1. The van der Waals surface area contributed by atoms with Crippen LogP contribution in [0, 0.1) is 11.7 Å². The first-order valence-corrected chi connectivity index (χ1v) is 5.86. The number of hydrogen-bond acceptors (Lipinski definition) is 2. The SMILES string of the molecule is CCC(C)C(=O)C(C)(C)Oc1ccccc1F. The lowest BCUT2D eigenvalue weighted by molar-refractivity contribution is -0.135. The van der Waals surface area contributed by atoms with E-state index in [1.165, 1.54) is 12.1 Å². The highest BCUT2D eigenvalue weighted by Crippen LogP contribution is 2.24. The Bertz CT molecular complexity index is 399. The van der Waals surface area contributed by atoms with Crippen molar-refractivity contribution in [2.45, 2.75) is 39.7 Å². The van der Waals surface area contributed by atoms with Crippen LogP contribution < -0.4 is 4.74 Å². The quantitative estimate of drug-likeness (QED) is 0.783. The lowest BCUT2D eigenvalue weighted by atomic mass is 9.91. The van der Waals surface area contributed by atoms with E-state index in [1.807, 2.05) is 13.8 Å². The molecule has 0 spiro atoms. The van der Waals surface area contributed by atoms with Crippen molar-refractivity contribution in [2.75, 3.05) is 0 Å². The fraction of sp³-hybridized carbons (Fsp3) is 0.500. The fourth-order valence-corrected chi connectivity index (χ4v) is 1.63. The number of hydrogen-bond donors (Lipinski definition) is 0. The molecule has 0 fully saturated rings. The van der Waals surface area contributed by atoms with Gasteiger partial charge in [0.05, 0.1) is 0 Å². The highest BCUT2D eigenvalue weighted by Gasteiger charge is 2.33. The maximum absolute atomic E-state index is 13.4. The van der Waals surface area contributed by atoms with Crippen LogP contribution in [-0.2, 0) is 4.79 Å². The van der Waals surface area contributed by atoms with Gasteiger partial charge in [0.1, 0.15) is 0 Å². The van der Waals surface area contributed by atoms with Gasteiger partial charge < -0.3 is 4.74 Å². The summed E-state index contributed by atoms with van der Waals surface area (Å²) in [6, 6.07) is 6.12. The second-order valence-electron chi connectivity index (χ2n) is 4.72. The van der Waals surface area contributed by atoms with E-state index in [0.29, 0.717) is 0 Å².